The Labute approximate surface area is 167 Å². The van der Waals surface area contributed by atoms with Crippen molar-refractivity contribution in [2.45, 2.75) is 51.6 Å². The maximum absolute atomic E-state index is 12.9. The standard InChI is InChI=1S/C20H24ClF3N4/c1-3-4-5-13(11-25)18-15-8-9-28(19(15)27-12(2)26-18)17-7-6-14(10-16(17)21)20(22,23)24/h6-7,10,13H,3-5,8-9,11,25H2,1-2H3. The van der Waals surface area contributed by atoms with Gasteiger partial charge in [0.1, 0.15) is 11.6 Å². The molecule has 1 aliphatic rings. The molecule has 1 atom stereocenters. The number of nitrogens with zero attached hydrogens (tertiary/aromatic N) is 3. The van der Waals surface area contributed by atoms with E-state index in [1.807, 2.05) is 11.8 Å². The highest BCUT2D eigenvalue weighted by Gasteiger charge is 2.33. The molecule has 1 aromatic carbocycles. The minimum absolute atomic E-state index is 0.0573. The first kappa shape index (κ1) is 20.9. The molecule has 0 spiro atoms. The second-order valence-electron chi connectivity index (χ2n) is 7.10. The molecule has 152 valence electrons. The van der Waals surface area contributed by atoms with Gasteiger partial charge in [-0.2, -0.15) is 13.2 Å². The number of fused-ring (bicyclic) bond motifs is 1. The maximum atomic E-state index is 12.9. The summed E-state index contributed by atoms with van der Waals surface area (Å²) in [5.74, 6) is 1.50. The molecule has 1 aromatic heterocycles. The molecule has 2 N–H and O–H groups in total. The van der Waals surface area contributed by atoms with Crippen molar-refractivity contribution in [1.29, 1.82) is 0 Å². The van der Waals surface area contributed by atoms with E-state index in [-0.39, 0.29) is 10.9 Å². The van der Waals surface area contributed by atoms with Gasteiger partial charge < -0.3 is 10.6 Å². The topological polar surface area (TPSA) is 55.0 Å². The maximum Gasteiger partial charge on any atom is 0.416 e. The molecule has 0 amide bonds. The molecular weight excluding hydrogens is 389 g/mol. The molecule has 4 nitrogen and oxygen atoms in total. The fraction of sp³-hybridized carbons (Fsp3) is 0.500. The Balaban J connectivity index is 2.00. The summed E-state index contributed by atoms with van der Waals surface area (Å²) in [4.78, 5) is 11.1. The average molecular weight is 413 g/mol. The molecule has 28 heavy (non-hydrogen) atoms. The summed E-state index contributed by atoms with van der Waals surface area (Å²) in [6.07, 6.45) is -0.614. The molecule has 1 unspecified atom stereocenters. The lowest BCUT2D eigenvalue weighted by atomic mass is 9.94. The van der Waals surface area contributed by atoms with Crippen LogP contribution in [0.25, 0.3) is 0 Å². The van der Waals surface area contributed by atoms with Gasteiger partial charge >= 0.3 is 6.18 Å². The molecule has 3 rings (SSSR count). The number of aromatic nitrogens is 2. The van der Waals surface area contributed by atoms with Crippen LogP contribution >= 0.6 is 11.6 Å². The van der Waals surface area contributed by atoms with Crippen molar-refractivity contribution in [3.8, 4) is 0 Å². The summed E-state index contributed by atoms with van der Waals surface area (Å²) >= 11 is 6.21. The number of alkyl halides is 3. The first-order valence-electron chi connectivity index (χ1n) is 9.48. The Bertz CT molecular complexity index is 854. The third-order valence-corrected chi connectivity index (χ3v) is 5.42. The second kappa shape index (κ2) is 8.25. The number of halogens is 4. The molecule has 0 aliphatic carbocycles. The smallest absolute Gasteiger partial charge is 0.330 e. The van der Waals surface area contributed by atoms with Gasteiger partial charge in [-0.05, 0) is 38.0 Å². The predicted molar refractivity (Wildman–Crippen MR) is 105 cm³/mol. The van der Waals surface area contributed by atoms with E-state index in [4.69, 9.17) is 17.3 Å². The third kappa shape index (κ3) is 4.10. The van der Waals surface area contributed by atoms with Crippen LogP contribution in [-0.4, -0.2) is 23.1 Å². The molecule has 0 saturated carbocycles. The van der Waals surface area contributed by atoms with Gasteiger partial charge in [0.2, 0.25) is 0 Å². The van der Waals surface area contributed by atoms with E-state index in [1.165, 1.54) is 6.07 Å². The van der Waals surface area contributed by atoms with Crippen LogP contribution < -0.4 is 10.6 Å². The first-order valence-corrected chi connectivity index (χ1v) is 9.85. The SMILES string of the molecule is CCCCC(CN)c1nc(C)nc2c1CCN2c1ccc(C(F)(F)F)cc1Cl. The number of unbranched alkanes of at least 4 members (excludes halogenated alkanes) is 1. The second-order valence-corrected chi connectivity index (χ2v) is 7.51. The summed E-state index contributed by atoms with van der Waals surface area (Å²) in [7, 11) is 0. The van der Waals surface area contributed by atoms with Gasteiger partial charge in [0.15, 0.2) is 0 Å². The van der Waals surface area contributed by atoms with E-state index in [9.17, 15) is 13.2 Å². The average Bonchev–Trinajstić information content (AvgIpc) is 3.04. The normalized spacial score (nSPS) is 15.0. The van der Waals surface area contributed by atoms with Crippen LogP contribution in [0.5, 0.6) is 0 Å². The van der Waals surface area contributed by atoms with Crippen molar-refractivity contribution in [2.24, 2.45) is 5.73 Å². The fourth-order valence-corrected chi connectivity index (χ4v) is 3.97. The van der Waals surface area contributed by atoms with Crippen molar-refractivity contribution >= 4 is 23.1 Å². The lowest BCUT2D eigenvalue weighted by Gasteiger charge is -2.22. The number of aryl methyl sites for hydroxylation is 1. The molecule has 0 saturated heterocycles. The molecule has 0 fully saturated rings. The molecule has 0 bridgehead atoms. The van der Waals surface area contributed by atoms with Crippen LogP contribution in [0.1, 0.15) is 54.7 Å². The summed E-state index contributed by atoms with van der Waals surface area (Å²) in [6, 6.07) is 3.43. The van der Waals surface area contributed by atoms with Gasteiger partial charge in [-0.3, -0.25) is 0 Å². The Hall–Kier alpha value is -1.86. The first-order chi connectivity index (χ1) is 13.3. The van der Waals surface area contributed by atoms with Crippen LogP contribution in [0.4, 0.5) is 24.7 Å². The highest BCUT2D eigenvalue weighted by Crippen LogP contribution is 2.42. The Morgan fingerprint density at radius 1 is 1.29 bits per heavy atom. The van der Waals surface area contributed by atoms with Crippen LogP contribution in [0.3, 0.4) is 0 Å². The molecule has 2 aromatic rings. The summed E-state index contributed by atoms with van der Waals surface area (Å²) < 4.78 is 38.8. The largest absolute Gasteiger partial charge is 0.416 e. The minimum Gasteiger partial charge on any atom is -0.330 e. The lowest BCUT2D eigenvalue weighted by Crippen LogP contribution is -2.18. The van der Waals surface area contributed by atoms with Crippen molar-refractivity contribution in [3.63, 3.8) is 0 Å². The zero-order valence-electron chi connectivity index (χ0n) is 16.0. The van der Waals surface area contributed by atoms with Gasteiger partial charge in [0.25, 0.3) is 0 Å². The van der Waals surface area contributed by atoms with Crippen molar-refractivity contribution in [3.05, 3.63) is 45.9 Å². The van der Waals surface area contributed by atoms with Crippen molar-refractivity contribution in [2.75, 3.05) is 18.0 Å². The Morgan fingerprint density at radius 3 is 2.64 bits per heavy atom. The van der Waals surface area contributed by atoms with Crippen LogP contribution in [0, 0.1) is 6.92 Å². The highest BCUT2D eigenvalue weighted by atomic mass is 35.5. The van der Waals surface area contributed by atoms with E-state index < -0.39 is 11.7 Å². The van der Waals surface area contributed by atoms with Gasteiger partial charge in [-0.25, -0.2) is 9.97 Å². The van der Waals surface area contributed by atoms with Crippen molar-refractivity contribution < 1.29 is 13.2 Å². The number of rotatable bonds is 6. The lowest BCUT2D eigenvalue weighted by molar-refractivity contribution is -0.137. The molecular formula is C20H24ClF3N4. The number of hydrogen-bond acceptors (Lipinski definition) is 4. The van der Waals surface area contributed by atoms with E-state index >= 15 is 0 Å². The molecule has 8 heteroatoms. The minimum atomic E-state index is -4.43. The monoisotopic (exact) mass is 412 g/mol. The highest BCUT2D eigenvalue weighted by molar-refractivity contribution is 6.33. The van der Waals surface area contributed by atoms with Gasteiger partial charge in [-0.1, -0.05) is 31.4 Å². The van der Waals surface area contributed by atoms with Crippen molar-refractivity contribution in [1.82, 2.24) is 9.97 Å². The molecule has 2 heterocycles. The molecule has 1 aliphatic heterocycles. The van der Waals surface area contributed by atoms with E-state index in [0.717, 1.165) is 48.5 Å². The van der Waals surface area contributed by atoms with E-state index in [0.29, 0.717) is 31.0 Å². The molecule has 0 radical (unpaired) electrons. The van der Waals surface area contributed by atoms with Crippen LogP contribution in [0.2, 0.25) is 5.02 Å². The zero-order chi connectivity index (χ0) is 20.5. The zero-order valence-corrected chi connectivity index (χ0v) is 16.7. The predicted octanol–water partition coefficient (Wildman–Crippen LogP) is 5.38. The number of benzene rings is 1. The number of anilines is 2. The van der Waals surface area contributed by atoms with Gasteiger partial charge in [-0.15, -0.1) is 0 Å². The number of nitrogens with two attached hydrogens (primary N) is 1. The summed E-state index contributed by atoms with van der Waals surface area (Å²) in [5, 5.41) is 0.0573. The van der Waals surface area contributed by atoms with Gasteiger partial charge in [0.05, 0.1) is 22.0 Å². The van der Waals surface area contributed by atoms with Gasteiger partial charge in [0, 0.05) is 24.6 Å². The number of hydrogen-bond donors (Lipinski definition) is 1. The van der Waals surface area contributed by atoms with Crippen LogP contribution in [-0.2, 0) is 12.6 Å². The summed E-state index contributed by atoms with van der Waals surface area (Å²) in [6.45, 7) is 5.06. The van der Waals surface area contributed by atoms with E-state index in [2.05, 4.69) is 16.9 Å². The Kier molecular flexibility index (Phi) is 6.15. The van der Waals surface area contributed by atoms with Crippen LogP contribution in [0.15, 0.2) is 18.2 Å². The Morgan fingerprint density at radius 2 is 2.04 bits per heavy atom. The quantitative estimate of drug-likeness (QED) is 0.691. The fourth-order valence-electron chi connectivity index (χ4n) is 3.69. The van der Waals surface area contributed by atoms with E-state index in [1.54, 1.807) is 0 Å². The summed E-state index contributed by atoms with van der Waals surface area (Å²) in [5.41, 5.74) is 7.76. The third-order valence-electron chi connectivity index (χ3n) is 5.11.